The molecule has 2 aromatic rings. The molecule has 19 heavy (non-hydrogen) atoms. The number of benzene rings is 1. The number of aryl methyl sites for hydroxylation is 1. The van der Waals surface area contributed by atoms with Crippen molar-refractivity contribution < 1.29 is 0 Å². The van der Waals surface area contributed by atoms with Crippen LogP contribution in [-0.2, 0) is 7.05 Å². The maximum Gasteiger partial charge on any atom is 0.0875 e. The fourth-order valence-electron chi connectivity index (χ4n) is 2.94. The van der Waals surface area contributed by atoms with E-state index < -0.39 is 0 Å². The largest absolute Gasteiger partial charge is 0.309 e. The van der Waals surface area contributed by atoms with Gasteiger partial charge in [0.25, 0.3) is 0 Å². The Hall–Kier alpha value is -1.35. The van der Waals surface area contributed by atoms with Gasteiger partial charge in [-0.1, -0.05) is 51.8 Å². The molecule has 0 bridgehead atoms. The van der Waals surface area contributed by atoms with Crippen LogP contribution < -0.4 is 5.32 Å². The second kappa shape index (κ2) is 6.20. The van der Waals surface area contributed by atoms with Crippen molar-refractivity contribution >= 4 is 10.9 Å². The van der Waals surface area contributed by atoms with Crippen molar-refractivity contribution in [2.75, 3.05) is 6.54 Å². The molecule has 0 aliphatic heterocycles. The van der Waals surface area contributed by atoms with Gasteiger partial charge in [0.05, 0.1) is 17.3 Å². The number of hydrogen-bond acceptors (Lipinski definition) is 2. The molecule has 2 rings (SSSR count). The van der Waals surface area contributed by atoms with Crippen LogP contribution in [0.3, 0.4) is 0 Å². The van der Waals surface area contributed by atoms with Crippen LogP contribution in [0, 0.1) is 5.92 Å². The van der Waals surface area contributed by atoms with Crippen LogP contribution in [0.2, 0.25) is 0 Å². The summed E-state index contributed by atoms with van der Waals surface area (Å²) < 4.78 is 2.00. The SMILES string of the molecule is CCNC(c1nn(C)c2ccccc12)C(CC)CC. The predicted molar refractivity (Wildman–Crippen MR) is 81.2 cm³/mol. The second-order valence-electron chi connectivity index (χ2n) is 5.14. The van der Waals surface area contributed by atoms with Crippen molar-refractivity contribution in [2.45, 2.75) is 39.7 Å². The van der Waals surface area contributed by atoms with Crippen LogP contribution >= 0.6 is 0 Å². The van der Waals surface area contributed by atoms with Crippen LogP contribution in [0.1, 0.15) is 45.3 Å². The molecule has 1 aromatic heterocycles. The summed E-state index contributed by atoms with van der Waals surface area (Å²) in [6.45, 7) is 7.68. The average molecular weight is 259 g/mol. The highest BCUT2D eigenvalue weighted by atomic mass is 15.3. The fourth-order valence-corrected chi connectivity index (χ4v) is 2.94. The van der Waals surface area contributed by atoms with Gasteiger partial charge in [-0.3, -0.25) is 4.68 Å². The van der Waals surface area contributed by atoms with Gasteiger partial charge in [-0.2, -0.15) is 5.10 Å². The highest BCUT2D eigenvalue weighted by Gasteiger charge is 2.24. The number of rotatable bonds is 6. The van der Waals surface area contributed by atoms with Gasteiger partial charge in [-0.25, -0.2) is 0 Å². The third-order valence-corrected chi connectivity index (χ3v) is 4.03. The van der Waals surface area contributed by atoms with Crippen molar-refractivity contribution in [2.24, 2.45) is 13.0 Å². The first kappa shape index (κ1) is 14.1. The summed E-state index contributed by atoms with van der Waals surface area (Å²) in [6.07, 6.45) is 2.36. The van der Waals surface area contributed by atoms with Crippen molar-refractivity contribution in [3.05, 3.63) is 30.0 Å². The van der Waals surface area contributed by atoms with Gasteiger partial charge in [0.2, 0.25) is 0 Å². The monoisotopic (exact) mass is 259 g/mol. The fraction of sp³-hybridized carbons (Fsp3) is 0.562. The minimum Gasteiger partial charge on any atom is -0.309 e. The summed E-state index contributed by atoms with van der Waals surface area (Å²) in [7, 11) is 2.03. The van der Waals surface area contributed by atoms with Gasteiger partial charge in [0.1, 0.15) is 0 Å². The van der Waals surface area contributed by atoms with E-state index in [9.17, 15) is 0 Å². The Bertz CT molecular complexity index is 526. The summed E-state index contributed by atoms with van der Waals surface area (Å²) in [5, 5.41) is 9.69. The van der Waals surface area contributed by atoms with E-state index >= 15 is 0 Å². The second-order valence-corrected chi connectivity index (χ2v) is 5.14. The predicted octanol–water partition coefficient (Wildman–Crippen LogP) is 3.66. The van der Waals surface area contributed by atoms with E-state index in [1.807, 2.05) is 11.7 Å². The average Bonchev–Trinajstić information content (AvgIpc) is 2.77. The smallest absolute Gasteiger partial charge is 0.0875 e. The lowest BCUT2D eigenvalue weighted by Crippen LogP contribution is -2.28. The molecule has 0 saturated carbocycles. The normalized spacial score (nSPS) is 13.3. The first-order chi connectivity index (χ1) is 9.22. The lowest BCUT2D eigenvalue weighted by Gasteiger charge is -2.24. The maximum atomic E-state index is 4.78. The van der Waals surface area contributed by atoms with Crippen LogP contribution in [0.5, 0.6) is 0 Å². The summed E-state index contributed by atoms with van der Waals surface area (Å²) >= 11 is 0. The Morgan fingerprint density at radius 3 is 2.47 bits per heavy atom. The quantitative estimate of drug-likeness (QED) is 0.858. The molecule has 0 saturated heterocycles. The number of hydrogen-bond donors (Lipinski definition) is 1. The van der Waals surface area contributed by atoms with Gasteiger partial charge in [0.15, 0.2) is 0 Å². The number of para-hydroxylation sites is 1. The van der Waals surface area contributed by atoms with E-state index in [0.29, 0.717) is 12.0 Å². The number of fused-ring (bicyclic) bond motifs is 1. The third-order valence-electron chi connectivity index (χ3n) is 4.03. The Labute approximate surface area is 116 Å². The molecule has 1 N–H and O–H groups in total. The maximum absolute atomic E-state index is 4.78. The van der Waals surface area contributed by atoms with E-state index in [1.165, 1.54) is 29.4 Å². The van der Waals surface area contributed by atoms with Crippen molar-refractivity contribution in [3.63, 3.8) is 0 Å². The first-order valence-electron chi connectivity index (χ1n) is 7.37. The lowest BCUT2D eigenvalue weighted by molar-refractivity contribution is 0.340. The topological polar surface area (TPSA) is 29.9 Å². The molecule has 3 heteroatoms. The van der Waals surface area contributed by atoms with Crippen LogP contribution in [0.25, 0.3) is 10.9 Å². The molecule has 0 aliphatic carbocycles. The van der Waals surface area contributed by atoms with E-state index in [2.05, 4.69) is 50.4 Å². The summed E-state index contributed by atoms with van der Waals surface area (Å²) in [5.41, 5.74) is 2.42. The van der Waals surface area contributed by atoms with Crippen molar-refractivity contribution in [3.8, 4) is 0 Å². The van der Waals surface area contributed by atoms with E-state index in [0.717, 1.165) is 6.54 Å². The van der Waals surface area contributed by atoms with Crippen molar-refractivity contribution in [1.29, 1.82) is 0 Å². The minimum absolute atomic E-state index is 0.353. The lowest BCUT2D eigenvalue weighted by atomic mass is 9.90. The summed E-state index contributed by atoms with van der Waals surface area (Å²) in [4.78, 5) is 0. The summed E-state index contributed by atoms with van der Waals surface area (Å²) in [5.74, 6) is 0.637. The number of nitrogens with one attached hydrogen (secondary N) is 1. The van der Waals surface area contributed by atoms with Gasteiger partial charge in [-0.05, 0) is 18.5 Å². The molecule has 0 spiro atoms. The van der Waals surface area contributed by atoms with Crippen LogP contribution in [0.4, 0.5) is 0 Å². The zero-order valence-corrected chi connectivity index (χ0v) is 12.5. The molecule has 1 atom stereocenters. The molecule has 104 valence electrons. The molecular weight excluding hydrogens is 234 g/mol. The van der Waals surface area contributed by atoms with Gasteiger partial charge in [-0.15, -0.1) is 0 Å². The number of aromatic nitrogens is 2. The molecule has 0 radical (unpaired) electrons. The molecule has 0 aliphatic rings. The highest BCUT2D eigenvalue weighted by Crippen LogP contribution is 2.31. The van der Waals surface area contributed by atoms with E-state index in [-0.39, 0.29) is 0 Å². The Morgan fingerprint density at radius 2 is 1.84 bits per heavy atom. The van der Waals surface area contributed by atoms with Crippen molar-refractivity contribution in [1.82, 2.24) is 15.1 Å². The van der Waals surface area contributed by atoms with Crippen LogP contribution in [0.15, 0.2) is 24.3 Å². The van der Waals surface area contributed by atoms with Gasteiger partial charge >= 0.3 is 0 Å². The van der Waals surface area contributed by atoms with Crippen LogP contribution in [-0.4, -0.2) is 16.3 Å². The highest BCUT2D eigenvalue weighted by molar-refractivity contribution is 5.82. The zero-order chi connectivity index (χ0) is 13.8. The van der Waals surface area contributed by atoms with Gasteiger partial charge < -0.3 is 5.32 Å². The Morgan fingerprint density at radius 1 is 1.16 bits per heavy atom. The minimum atomic E-state index is 0.353. The molecule has 1 aromatic carbocycles. The molecular formula is C16H25N3. The third kappa shape index (κ3) is 2.66. The molecule has 3 nitrogen and oxygen atoms in total. The Kier molecular flexibility index (Phi) is 4.59. The standard InChI is InChI=1S/C16H25N3/c1-5-12(6-2)15(17-7-3)16-13-10-8-9-11-14(13)19(4)18-16/h8-12,15,17H,5-7H2,1-4H3. The molecule has 1 unspecified atom stereocenters. The molecule has 1 heterocycles. The first-order valence-corrected chi connectivity index (χ1v) is 7.37. The van der Waals surface area contributed by atoms with Gasteiger partial charge in [0, 0.05) is 12.4 Å². The van der Waals surface area contributed by atoms with E-state index in [4.69, 9.17) is 5.10 Å². The zero-order valence-electron chi connectivity index (χ0n) is 12.5. The molecule has 0 amide bonds. The number of nitrogens with zero attached hydrogens (tertiary/aromatic N) is 2. The Balaban J connectivity index is 2.49. The molecule has 0 fully saturated rings. The van der Waals surface area contributed by atoms with E-state index in [1.54, 1.807) is 0 Å². The summed E-state index contributed by atoms with van der Waals surface area (Å²) in [6, 6.07) is 8.86.